The quantitative estimate of drug-likeness (QED) is 0.443. The molecule has 0 aliphatic heterocycles. The molecule has 1 saturated carbocycles. The summed E-state index contributed by atoms with van der Waals surface area (Å²) < 4.78 is 34.8. The summed E-state index contributed by atoms with van der Waals surface area (Å²) in [6, 6.07) is 8.95. The van der Waals surface area contributed by atoms with Crippen LogP contribution in [0.1, 0.15) is 25.7 Å². The number of sulfonamides is 1. The summed E-state index contributed by atoms with van der Waals surface area (Å²) in [5.74, 6) is 0.892. The first-order valence-corrected chi connectivity index (χ1v) is 13.8. The van der Waals surface area contributed by atoms with E-state index in [0.717, 1.165) is 45.4 Å². The van der Waals surface area contributed by atoms with Gasteiger partial charge in [0.25, 0.3) is 0 Å². The number of halogens is 1. The Hall–Kier alpha value is -1.53. The van der Waals surface area contributed by atoms with Crippen LogP contribution in [0.15, 0.2) is 38.3 Å². The summed E-state index contributed by atoms with van der Waals surface area (Å²) in [6.45, 7) is 0.395. The van der Waals surface area contributed by atoms with Gasteiger partial charge < -0.3 is 10.1 Å². The Morgan fingerprint density at radius 2 is 1.97 bits per heavy atom. The van der Waals surface area contributed by atoms with Gasteiger partial charge in [0.1, 0.15) is 9.96 Å². The molecule has 0 unspecified atom stereocenters. The van der Waals surface area contributed by atoms with E-state index in [9.17, 15) is 13.2 Å². The Bertz CT molecular complexity index is 1180. The fraction of sp³-hybridized carbons (Fsp3) is 0.400. The van der Waals surface area contributed by atoms with Crippen molar-refractivity contribution in [1.82, 2.24) is 9.71 Å². The van der Waals surface area contributed by atoms with Gasteiger partial charge >= 0.3 is 0 Å². The van der Waals surface area contributed by atoms with E-state index in [1.165, 1.54) is 22.7 Å². The van der Waals surface area contributed by atoms with Gasteiger partial charge in [-0.1, -0.05) is 11.3 Å². The first kappa shape index (κ1) is 22.7. The molecule has 3 aromatic rings. The maximum absolute atomic E-state index is 12.7. The summed E-state index contributed by atoms with van der Waals surface area (Å²) in [7, 11) is -1.87. The van der Waals surface area contributed by atoms with Crippen LogP contribution in [0.3, 0.4) is 0 Å². The number of benzene rings is 1. The minimum absolute atomic E-state index is 0.0199. The number of nitrogens with one attached hydrogen (secondary N) is 2. The molecular formula is C20H22BrN3O4S3. The number of thiazole rings is 1. The van der Waals surface area contributed by atoms with Gasteiger partial charge in [-0.3, -0.25) is 4.79 Å². The summed E-state index contributed by atoms with van der Waals surface area (Å²) in [6.07, 6.45) is 3.10. The van der Waals surface area contributed by atoms with Gasteiger partial charge in [-0.15, -0.1) is 11.3 Å². The van der Waals surface area contributed by atoms with Gasteiger partial charge in [-0.25, -0.2) is 18.1 Å². The fourth-order valence-corrected chi connectivity index (χ4v) is 7.73. The van der Waals surface area contributed by atoms with Gasteiger partial charge in [0.15, 0.2) is 5.13 Å². The van der Waals surface area contributed by atoms with Gasteiger partial charge in [0.05, 0.1) is 21.1 Å². The number of anilines is 1. The highest BCUT2D eigenvalue weighted by atomic mass is 79.9. The molecule has 2 heterocycles. The van der Waals surface area contributed by atoms with Crippen LogP contribution < -0.4 is 14.8 Å². The van der Waals surface area contributed by atoms with Gasteiger partial charge in [-0.05, 0) is 77.9 Å². The maximum atomic E-state index is 12.7. The van der Waals surface area contributed by atoms with Crippen LogP contribution in [-0.2, 0) is 14.8 Å². The molecule has 1 aliphatic rings. The molecule has 0 spiro atoms. The zero-order chi connectivity index (χ0) is 22.0. The highest BCUT2D eigenvalue weighted by Gasteiger charge is 2.28. The number of fused-ring (bicyclic) bond motifs is 1. The lowest BCUT2D eigenvalue weighted by molar-refractivity contribution is -0.121. The number of methoxy groups -OCH3 is 1. The molecule has 0 radical (unpaired) electrons. The average Bonchev–Trinajstić information content (AvgIpc) is 3.38. The number of aromatic nitrogens is 1. The van der Waals surface area contributed by atoms with Crippen LogP contribution in [0.5, 0.6) is 5.75 Å². The molecule has 0 atom stereocenters. The van der Waals surface area contributed by atoms with E-state index in [1.807, 2.05) is 18.2 Å². The zero-order valence-electron chi connectivity index (χ0n) is 16.8. The van der Waals surface area contributed by atoms with Crippen LogP contribution in [0.4, 0.5) is 5.13 Å². The SMILES string of the molecule is COc1ccc2nc(NC(=O)C3CCC(CNS(=O)(=O)c4ccc(Br)s4)CC3)sc2c1. The van der Waals surface area contributed by atoms with Crippen LogP contribution in [0, 0.1) is 11.8 Å². The predicted octanol–water partition coefficient (Wildman–Crippen LogP) is 4.85. The van der Waals surface area contributed by atoms with E-state index in [4.69, 9.17) is 4.74 Å². The van der Waals surface area contributed by atoms with Crippen molar-refractivity contribution in [2.75, 3.05) is 19.0 Å². The van der Waals surface area contributed by atoms with E-state index in [2.05, 4.69) is 31.0 Å². The maximum Gasteiger partial charge on any atom is 0.250 e. The molecular weight excluding hydrogens is 522 g/mol. The Morgan fingerprint density at radius 1 is 1.19 bits per heavy atom. The number of amides is 1. The minimum atomic E-state index is -3.48. The molecule has 1 amide bonds. The number of carbonyl (C=O) groups excluding carboxylic acids is 1. The monoisotopic (exact) mass is 543 g/mol. The molecule has 166 valence electrons. The highest BCUT2D eigenvalue weighted by molar-refractivity contribution is 9.11. The third kappa shape index (κ3) is 5.46. The second-order valence-corrected chi connectivity index (χ2v) is 13.0. The predicted molar refractivity (Wildman–Crippen MR) is 127 cm³/mol. The molecule has 1 aliphatic carbocycles. The zero-order valence-corrected chi connectivity index (χ0v) is 20.8. The number of hydrogen-bond donors (Lipinski definition) is 2. The third-order valence-corrected chi connectivity index (χ3v) is 9.89. The minimum Gasteiger partial charge on any atom is -0.497 e. The molecule has 2 N–H and O–H groups in total. The molecule has 4 rings (SSSR count). The normalized spacial score (nSPS) is 19.4. The lowest BCUT2D eigenvalue weighted by Gasteiger charge is -2.27. The number of carbonyl (C=O) groups is 1. The second-order valence-electron chi connectivity index (χ2n) is 7.47. The molecule has 1 fully saturated rings. The summed E-state index contributed by atoms with van der Waals surface area (Å²) in [4.78, 5) is 17.2. The second kappa shape index (κ2) is 9.53. The topological polar surface area (TPSA) is 97.4 Å². The summed E-state index contributed by atoms with van der Waals surface area (Å²) in [5.41, 5.74) is 0.829. The van der Waals surface area contributed by atoms with Crippen molar-refractivity contribution in [3.63, 3.8) is 0 Å². The lowest BCUT2D eigenvalue weighted by atomic mass is 9.81. The molecule has 2 aromatic heterocycles. The van der Waals surface area contributed by atoms with Crippen molar-refractivity contribution in [3.8, 4) is 5.75 Å². The van der Waals surface area contributed by atoms with E-state index in [0.29, 0.717) is 15.9 Å². The Balaban J connectivity index is 1.28. The lowest BCUT2D eigenvalue weighted by Crippen LogP contribution is -2.33. The van der Waals surface area contributed by atoms with Crippen LogP contribution >= 0.6 is 38.6 Å². The number of thiophene rings is 1. The van der Waals surface area contributed by atoms with E-state index in [1.54, 1.807) is 19.2 Å². The largest absolute Gasteiger partial charge is 0.497 e. The van der Waals surface area contributed by atoms with Crippen molar-refractivity contribution in [2.24, 2.45) is 11.8 Å². The molecule has 31 heavy (non-hydrogen) atoms. The number of hydrogen-bond acceptors (Lipinski definition) is 7. The summed E-state index contributed by atoms with van der Waals surface area (Å²) in [5, 5.41) is 3.53. The fourth-order valence-electron chi connectivity index (χ4n) is 3.66. The van der Waals surface area contributed by atoms with Crippen LogP contribution in [0.2, 0.25) is 0 Å². The van der Waals surface area contributed by atoms with Crippen molar-refractivity contribution in [2.45, 2.75) is 29.9 Å². The molecule has 0 bridgehead atoms. The Morgan fingerprint density at radius 3 is 2.65 bits per heavy atom. The van der Waals surface area contributed by atoms with E-state index >= 15 is 0 Å². The van der Waals surface area contributed by atoms with Crippen molar-refractivity contribution < 1.29 is 17.9 Å². The smallest absolute Gasteiger partial charge is 0.250 e. The average molecular weight is 545 g/mol. The Kier molecular flexibility index (Phi) is 6.97. The van der Waals surface area contributed by atoms with E-state index < -0.39 is 10.0 Å². The molecule has 1 aromatic carbocycles. The first-order chi connectivity index (χ1) is 14.8. The molecule has 0 saturated heterocycles. The van der Waals surface area contributed by atoms with Crippen molar-refractivity contribution in [1.29, 1.82) is 0 Å². The standard InChI is InChI=1S/C20H22BrN3O4S3/c1-28-14-6-7-15-16(10-14)29-20(23-15)24-19(25)13-4-2-12(3-5-13)11-22-31(26,27)18-9-8-17(21)30-18/h6-10,12-13,22H,2-5,11H2,1H3,(H,23,24,25). The Labute approximate surface area is 197 Å². The number of ether oxygens (including phenoxy) is 1. The first-order valence-electron chi connectivity index (χ1n) is 9.84. The van der Waals surface area contributed by atoms with Gasteiger partial charge in [0.2, 0.25) is 15.9 Å². The number of rotatable bonds is 7. The van der Waals surface area contributed by atoms with Gasteiger partial charge in [-0.2, -0.15) is 0 Å². The van der Waals surface area contributed by atoms with Crippen LogP contribution in [0.25, 0.3) is 10.2 Å². The number of nitrogens with zero attached hydrogens (tertiary/aromatic N) is 1. The summed E-state index contributed by atoms with van der Waals surface area (Å²) >= 11 is 5.91. The molecule has 7 nitrogen and oxygen atoms in total. The van der Waals surface area contributed by atoms with Crippen LogP contribution in [-0.4, -0.2) is 33.0 Å². The van der Waals surface area contributed by atoms with Gasteiger partial charge in [0, 0.05) is 12.5 Å². The van der Waals surface area contributed by atoms with Crippen molar-refractivity contribution in [3.05, 3.63) is 34.1 Å². The highest BCUT2D eigenvalue weighted by Crippen LogP contribution is 2.33. The molecule has 11 heteroatoms. The van der Waals surface area contributed by atoms with Crippen molar-refractivity contribution >= 4 is 69.9 Å². The third-order valence-electron chi connectivity index (χ3n) is 5.42. The van der Waals surface area contributed by atoms with E-state index in [-0.39, 0.29) is 17.7 Å².